The molecule has 8 heteroatoms. The average molecular weight is 370 g/mol. The summed E-state index contributed by atoms with van der Waals surface area (Å²) in [5.74, 6) is -0.155. The number of nitrogens with one attached hydrogen (secondary N) is 1. The Hall–Kier alpha value is -1.80. The molecule has 0 saturated carbocycles. The molecule has 0 saturated heterocycles. The highest BCUT2D eigenvalue weighted by atomic mass is 79.9. The summed E-state index contributed by atoms with van der Waals surface area (Å²) in [6.45, 7) is 1.90. The molecule has 0 radical (unpaired) electrons. The quantitative estimate of drug-likeness (QED) is 0.492. The van der Waals surface area contributed by atoms with Crippen molar-refractivity contribution in [3.05, 3.63) is 39.8 Å². The van der Waals surface area contributed by atoms with E-state index >= 15 is 0 Å². The lowest BCUT2D eigenvalue weighted by molar-refractivity contribution is -0.384. The lowest BCUT2D eigenvalue weighted by Crippen LogP contribution is -2.21. The third-order valence-corrected chi connectivity index (χ3v) is 4.55. The number of aromatic nitrogens is 1. The third kappa shape index (κ3) is 3.85. The molecule has 1 unspecified atom stereocenters. The number of hydrogen-bond acceptors (Lipinski definition) is 5. The number of carbonyl (C=O) groups is 1. The minimum absolute atomic E-state index is 0.0117. The zero-order valence-electron chi connectivity index (χ0n) is 11.1. The normalized spacial score (nSPS) is 11.9. The van der Waals surface area contributed by atoms with Crippen molar-refractivity contribution in [3.8, 4) is 11.3 Å². The number of halogens is 1. The SMILES string of the molecule is CCC(Br)C(=O)Nc1nc(-c2cccc([N+](=O)[O-])c2)cs1. The molecule has 2 aromatic rings. The van der Waals surface area contributed by atoms with E-state index in [2.05, 4.69) is 26.2 Å². The van der Waals surface area contributed by atoms with Crippen LogP contribution in [0.4, 0.5) is 10.8 Å². The van der Waals surface area contributed by atoms with Crippen molar-refractivity contribution in [3.63, 3.8) is 0 Å². The Morgan fingerprint density at radius 1 is 1.57 bits per heavy atom. The number of nitro groups is 1. The van der Waals surface area contributed by atoms with Crippen LogP contribution in [0.3, 0.4) is 0 Å². The zero-order chi connectivity index (χ0) is 15.4. The first-order chi connectivity index (χ1) is 10.0. The van der Waals surface area contributed by atoms with Crippen LogP contribution in [0.5, 0.6) is 0 Å². The molecular weight excluding hydrogens is 358 g/mol. The summed E-state index contributed by atoms with van der Waals surface area (Å²) in [6.07, 6.45) is 0.676. The molecule has 1 atom stereocenters. The van der Waals surface area contributed by atoms with Crippen LogP contribution in [0, 0.1) is 10.1 Å². The maximum atomic E-state index is 11.8. The van der Waals surface area contributed by atoms with Crippen LogP contribution in [-0.2, 0) is 4.79 Å². The molecule has 2 rings (SSSR count). The lowest BCUT2D eigenvalue weighted by atomic mass is 10.1. The summed E-state index contributed by atoms with van der Waals surface area (Å²) in [7, 11) is 0. The highest BCUT2D eigenvalue weighted by Crippen LogP contribution is 2.27. The number of amides is 1. The van der Waals surface area contributed by atoms with Crippen LogP contribution in [0.2, 0.25) is 0 Å². The van der Waals surface area contributed by atoms with Gasteiger partial charge in [-0.3, -0.25) is 14.9 Å². The van der Waals surface area contributed by atoms with E-state index < -0.39 is 4.92 Å². The number of alkyl halides is 1. The first kappa shape index (κ1) is 15.6. The van der Waals surface area contributed by atoms with E-state index in [0.29, 0.717) is 22.8 Å². The van der Waals surface area contributed by atoms with E-state index in [1.807, 2.05) is 6.92 Å². The lowest BCUT2D eigenvalue weighted by Gasteiger charge is -2.05. The molecule has 0 bridgehead atoms. The van der Waals surface area contributed by atoms with E-state index in [-0.39, 0.29) is 16.4 Å². The van der Waals surface area contributed by atoms with Crippen molar-refractivity contribution in [2.45, 2.75) is 18.2 Å². The van der Waals surface area contributed by atoms with Gasteiger partial charge in [-0.2, -0.15) is 0 Å². The number of anilines is 1. The van der Waals surface area contributed by atoms with Crippen molar-refractivity contribution in [1.82, 2.24) is 4.98 Å². The van der Waals surface area contributed by atoms with Gasteiger partial charge in [0.05, 0.1) is 15.4 Å². The molecule has 1 heterocycles. The third-order valence-electron chi connectivity index (χ3n) is 2.73. The van der Waals surface area contributed by atoms with E-state index in [0.717, 1.165) is 0 Å². The molecule has 1 aromatic heterocycles. The molecule has 1 N–H and O–H groups in total. The van der Waals surface area contributed by atoms with E-state index in [1.165, 1.54) is 23.5 Å². The fourth-order valence-corrected chi connectivity index (χ4v) is 2.45. The smallest absolute Gasteiger partial charge is 0.270 e. The molecule has 21 heavy (non-hydrogen) atoms. The highest BCUT2D eigenvalue weighted by Gasteiger charge is 2.15. The molecule has 0 aliphatic rings. The van der Waals surface area contributed by atoms with Crippen molar-refractivity contribution in [2.75, 3.05) is 5.32 Å². The summed E-state index contributed by atoms with van der Waals surface area (Å²) in [4.78, 5) is 26.1. The van der Waals surface area contributed by atoms with Gasteiger partial charge in [-0.05, 0) is 6.42 Å². The second-order valence-corrected chi connectivity index (χ2v) is 6.17. The molecule has 1 amide bonds. The average Bonchev–Trinajstić information content (AvgIpc) is 2.95. The van der Waals surface area contributed by atoms with Gasteiger partial charge in [0.1, 0.15) is 0 Å². The second kappa shape index (κ2) is 6.77. The van der Waals surface area contributed by atoms with E-state index in [1.54, 1.807) is 17.5 Å². The van der Waals surface area contributed by atoms with Gasteiger partial charge < -0.3 is 5.32 Å². The summed E-state index contributed by atoms with van der Waals surface area (Å²) in [5, 5.41) is 15.7. The summed E-state index contributed by atoms with van der Waals surface area (Å²) >= 11 is 4.55. The van der Waals surface area contributed by atoms with Gasteiger partial charge in [-0.25, -0.2) is 4.98 Å². The summed E-state index contributed by atoms with van der Waals surface area (Å²) in [5.41, 5.74) is 1.26. The fraction of sp³-hybridized carbons (Fsp3) is 0.231. The topological polar surface area (TPSA) is 85.1 Å². The zero-order valence-corrected chi connectivity index (χ0v) is 13.5. The summed E-state index contributed by atoms with van der Waals surface area (Å²) in [6, 6.07) is 6.23. The molecule has 0 aliphatic carbocycles. The van der Waals surface area contributed by atoms with Crippen LogP contribution < -0.4 is 5.32 Å². The van der Waals surface area contributed by atoms with Crippen molar-refractivity contribution in [1.29, 1.82) is 0 Å². The number of nitrogens with zero attached hydrogens (tertiary/aromatic N) is 2. The minimum atomic E-state index is -0.449. The van der Waals surface area contributed by atoms with Crippen LogP contribution in [-0.4, -0.2) is 20.6 Å². The van der Waals surface area contributed by atoms with Gasteiger partial charge in [-0.1, -0.05) is 35.0 Å². The molecule has 0 spiro atoms. The number of carbonyl (C=O) groups excluding carboxylic acids is 1. The van der Waals surface area contributed by atoms with Crippen LogP contribution in [0.25, 0.3) is 11.3 Å². The number of nitro benzene ring substituents is 1. The van der Waals surface area contributed by atoms with Gasteiger partial charge in [0, 0.05) is 23.1 Å². The Kier molecular flexibility index (Phi) is 5.03. The van der Waals surface area contributed by atoms with E-state index in [4.69, 9.17) is 0 Å². The van der Waals surface area contributed by atoms with Crippen LogP contribution >= 0.6 is 27.3 Å². The molecule has 6 nitrogen and oxygen atoms in total. The number of non-ortho nitro benzene ring substituents is 1. The molecule has 1 aromatic carbocycles. The largest absolute Gasteiger partial charge is 0.301 e. The monoisotopic (exact) mass is 369 g/mol. The fourth-order valence-electron chi connectivity index (χ4n) is 1.61. The number of rotatable bonds is 5. The Balaban J connectivity index is 2.18. The number of thiazole rings is 1. The standard InChI is InChI=1S/C13H12BrN3O3S/c1-2-10(14)12(18)16-13-15-11(7-21-13)8-4-3-5-9(6-8)17(19)20/h3-7,10H,2H2,1H3,(H,15,16,18). The molecular formula is C13H12BrN3O3S. The number of benzene rings is 1. The first-order valence-corrected chi connectivity index (χ1v) is 7.96. The van der Waals surface area contributed by atoms with E-state index in [9.17, 15) is 14.9 Å². The first-order valence-electron chi connectivity index (χ1n) is 6.16. The Morgan fingerprint density at radius 2 is 2.33 bits per heavy atom. The minimum Gasteiger partial charge on any atom is -0.301 e. The predicted molar refractivity (Wildman–Crippen MR) is 85.8 cm³/mol. The van der Waals surface area contributed by atoms with Crippen LogP contribution in [0.1, 0.15) is 13.3 Å². The Labute approximate surface area is 133 Å². The molecule has 0 fully saturated rings. The van der Waals surface area contributed by atoms with Crippen molar-refractivity contribution in [2.24, 2.45) is 0 Å². The molecule has 110 valence electrons. The van der Waals surface area contributed by atoms with Crippen molar-refractivity contribution >= 4 is 44.0 Å². The van der Waals surface area contributed by atoms with Gasteiger partial charge in [-0.15, -0.1) is 11.3 Å². The predicted octanol–water partition coefficient (Wildman–Crippen LogP) is 3.83. The van der Waals surface area contributed by atoms with Gasteiger partial charge in [0.2, 0.25) is 5.91 Å². The van der Waals surface area contributed by atoms with Gasteiger partial charge in [0.15, 0.2) is 5.13 Å². The maximum Gasteiger partial charge on any atom is 0.270 e. The van der Waals surface area contributed by atoms with Gasteiger partial charge in [0.25, 0.3) is 5.69 Å². The van der Waals surface area contributed by atoms with Crippen molar-refractivity contribution < 1.29 is 9.72 Å². The maximum absolute atomic E-state index is 11.8. The van der Waals surface area contributed by atoms with Crippen LogP contribution in [0.15, 0.2) is 29.6 Å². The highest BCUT2D eigenvalue weighted by molar-refractivity contribution is 9.10. The second-order valence-electron chi connectivity index (χ2n) is 4.21. The molecule has 0 aliphatic heterocycles. The van der Waals surface area contributed by atoms with Gasteiger partial charge >= 0.3 is 0 Å². The Bertz CT molecular complexity index is 674. The number of hydrogen-bond donors (Lipinski definition) is 1. The summed E-state index contributed by atoms with van der Waals surface area (Å²) < 4.78 is 0. The Morgan fingerprint density at radius 3 is 3.00 bits per heavy atom.